The number of hydrogen-bond donors (Lipinski definition) is 1. The van der Waals surface area contributed by atoms with Gasteiger partial charge in [0, 0.05) is 22.0 Å². The van der Waals surface area contributed by atoms with Crippen LogP contribution in [0.15, 0.2) is 28.7 Å². The summed E-state index contributed by atoms with van der Waals surface area (Å²) >= 11 is 3.38. The standard InChI is InChI=1S/C11H12BrNO/c12-10-4-2-1-3-9(10)11(14)7-5-8(13)6-7/h1-4,7-8H,5-6,13H2. The van der Waals surface area contributed by atoms with Crippen LogP contribution in [-0.2, 0) is 0 Å². The summed E-state index contributed by atoms with van der Waals surface area (Å²) in [5.41, 5.74) is 6.44. The van der Waals surface area contributed by atoms with E-state index in [2.05, 4.69) is 15.9 Å². The summed E-state index contributed by atoms with van der Waals surface area (Å²) in [4.78, 5) is 11.9. The Kier molecular flexibility index (Phi) is 2.70. The number of rotatable bonds is 2. The van der Waals surface area contributed by atoms with E-state index in [9.17, 15) is 4.79 Å². The molecular formula is C11H12BrNO. The monoisotopic (exact) mass is 253 g/mol. The number of Topliss-reactive ketones (excluding diaryl/α,β-unsaturated/α-hetero) is 1. The van der Waals surface area contributed by atoms with E-state index in [4.69, 9.17) is 5.73 Å². The van der Waals surface area contributed by atoms with Crippen LogP contribution in [0.1, 0.15) is 23.2 Å². The van der Waals surface area contributed by atoms with E-state index in [1.807, 2.05) is 24.3 Å². The first-order chi connectivity index (χ1) is 6.68. The lowest BCUT2D eigenvalue weighted by Crippen LogP contribution is -2.40. The normalized spacial score (nSPS) is 25.6. The van der Waals surface area contributed by atoms with E-state index >= 15 is 0 Å². The quantitative estimate of drug-likeness (QED) is 0.823. The van der Waals surface area contributed by atoms with Crippen LogP contribution < -0.4 is 5.73 Å². The highest BCUT2D eigenvalue weighted by molar-refractivity contribution is 9.10. The van der Waals surface area contributed by atoms with Crippen molar-refractivity contribution >= 4 is 21.7 Å². The second kappa shape index (κ2) is 3.83. The van der Waals surface area contributed by atoms with Crippen molar-refractivity contribution in [3.63, 3.8) is 0 Å². The summed E-state index contributed by atoms with van der Waals surface area (Å²) in [5, 5.41) is 0. The lowest BCUT2D eigenvalue weighted by molar-refractivity contribution is 0.0832. The number of ketones is 1. The van der Waals surface area contributed by atoms with Gasteiger partial charge in [-0.25, -0.2) is 0 Å². The Morgan fingerprint density at radius 3 is 2.57 bits per heavy atom. The molecule has 0 atom stereocenters. The van der Waals surface area contributed by atoms with E-state index in [-0.39, 0.29) is 17.7 Å². The van der Waals surface area contributed by atoms with Gasteiger partial charge in [0.15, 0.2) is 5.78 Å². The first kappa shape index (κ1) is 9.87. The molecule has 1 aromatic rings. The maximum atomic E-state index is 11.9. The van der Waals surface area contributed by atoms with Gasteiger partial charge in [-0.2, -0.15) is 0 Å². The molecular weight excluding hydrogens is 242 g/mol. The molecule has 0 bridgehead atoms. The van der Waals surface area contributed by atoms with Crippen LogP contribution in [0.3, 0.4) is 0 Å². The fraction of sp³-hybridized carbons (Fsp3) is 0.364. The highest BCUT2D eigenvalue weighted by Gasteiger charge is 2.32. The van der Waals surface area contributed by atoms with Crippen molar-refractivity contribution in [3.8, 4) is 0 Å². The maximum absolute atomic E-state index is 11.9. The molecule has 2 rings (SSSR count). The SMILES string of the molecule is NC1CC(C(=O)c2ccccc2Br)C1. The van der Waals surface area contributed by atoms with Crippen LogP contribution in [0.4, 0.5) is 0 Å². The van der Waals surface area contributed by atoms with Crippen molar-refractivity contribution in [3.05, 3.63) is 34.3 Å². The fourth-order valence-electron chi connectivity index (χ4n) is 1.76. The molecule has 0 heterocycles. The molecule has 1 aliphatic rings. The summed E-state index contributed by atoms with van der Waals surface area (Å²) in [6.07, 6.45) is 1.67. The van der Waals surface area contributed by atoms with Crippen LogP contribution in [-0.4, -0.2) is 11.8 Å². The number of benzene rings is 1. The van der Waals surface area contributed by atoms with Crippen molar-refractivity contribution in [2.75, 3.05) is 0 Å². The van der Waals surface area contributed by atoms with Crippen molar-refractivity contribution in [1.82, 2.24) is 0 Å². The molecule has 0 amide bonds. The van der Waals surface area contributed by atoms with E-state index in [0.29, 0.717) is 0 Å². The van der Waals surface area contributed by atoms with Gasteiger partial charge < -0.3 is 5.73 Å². The number of nitrogens with two attached hydrogens (primary N) is 1. The lowest BCUT2D eigenvalue weighted by Gasteiger charge is -2.31. The molecule has 2 nitrogen and oxygen atoms in total. The van der Waals surface area contributed by atoms with Crippen molar-refractivity contribution in [2.24, 2.45) is 11.7 Å². The van der Waals surface area contributed by atoms with Gasteiger partial charge in [0.25, 0.3) is 0 Å². The molecule has 1 aromatic carbocycles. The molecule has 0 radical (unpaired) electrons. The van der Waals surface area contributed by atoms with Gasteiger partial charge in [0.1, 0.15) is 0 Å². The topological polar surface area (TPSA) is 43.1 Å². The summed E-state index contributed by atoms with van der Waals surface area (Å²) in [6, 6.07) is 7.78. The molecule has 1 aliphatic carbocycles. The Balaban J connectivity index is 2.16. The third-order valence-electron chi connectivity index (χ3n) is 2.68. The van der Waals surface area contributed by atoms with Crippen LogP contribution in [0.2, 0.25) is 0 Å². The van der Waals surface area contributed by atoms with E-state index < -0.39 is 0 Å². The smallest absolute Gasteiger partial charge is 0.167 e. The molecule has 0 aliphatic heterocycles. The Morgan fingerprint density at radius 2 is 2.00 bits per heavy atom. The molecule has 14 heavy (non-hydrogen) atoms. The second-order valence-corrected chi connectivity index (χ2v) is 4.63. The summed E-state index contributed by atoms with van der Waals surface area (Å²) in [7, 11) is 0. The van der Waals surface area contributed by atoms with Crippen LogP contribution in [0.25, 0.3) is 0 Å². The minimum Gasteiger partial charge on any atom is -0.328 e. The van der Waals surface area contributed by atoms with Gasteiger partial charge in [-0.05, 0) is 18.9 Å². The molecule has 74 valence electrons. The molecule has 0 spiro atoms. The van der Waals surface area contributed by atoms with E-state index in [0.717, 1.165) is 22.9 Å². The third-order valence-corrected chi connectivity index (χ3v) is 3.38. The van der Waals surface area contributed by atoms with E-state index in [1.165, 1.54) is 0 Å². The highest BCUT2D eigenvalue weighted by atomic mass is 79.9. The Morgan fingerprint density at radius 1 is 1.36 bits per heavy atom. The van der Waals surface area contributed by atoms with Gasteiger partial charge in [-0.1, -0.05) is 34.1 Å². The average molecular weight is 254 g/mol. The molecule has 0 saturated heterocycles. The number of carbonyl (C=O) groups excluding carboxylic acids is 1. The molecule has 3 heteroatoms. The number of carbonyl (C=O) groups is 1. The first-order valence-electron chi connectivity index (χ1n) is 4.73. The van der Waals surface area contributed by atoms with Gasteiger partial charge in [-0.3, -0.25) is 4.79 Å². The zero-order valence-electron chi connectivity index (χ0n) is 7.74. The van der Waals surface area contributed by atoms with Gasteiger partial charge in [0.2, 0.25) is 0 Å². The largest absolute Gasteiger partial charge is 0.328 e. The number of hydrogen-bond acceptors (Lipinski definition) is 2. The zero-order valence-corrected chi connectivity index (χ0v) is 9.33. The van der Waals surface area contributed by atoms with Crippen molar-refractivity contribution in [2.45, 2.75) is 18.9 Å². The average Bonchev–Trinajstić information content (AvgIpc) is 2.13. The van der Waals surface area contributed by atoms with Crippen LogP contribution in [0.5, 0.6) is 0 Å². The lowest BCUT2D eigenvalue weighted by atomic mass is 9.76. The molecule has 0 aromatic heterocycles. The highest BCUT2D eigenvalue weighted by Crippen LogP contribution is 2.31. The van der Waals surface area contributed by atoms with Crippen LogP contribution in [0, 0.1) is 5.92 Å². The fourth-order valence-corrected chi connectivity index (χ4v) is 2.24. The predicted molar refractivity (Wildman–Crippen MR) is 59.2 cm³/mol. The summed E-state index contributed by atoms with van der Waals surface area (Å²) in [6.45, 7) is 0. The molecule has 2 N–H and O–H groups in total. The number of halogens is 1. The molecule has 1 saturated carbocycles. The first-order valence-corrected chi connectivity index (χ1v) is 5.52. The Bertz CT molecular complexity index is 358. The van der Waals surface area contributed by atoms with Crippen LogP contribution >= 0.6 is 15.9 Å². The summed E-state index contributed by atoms with van der Waals surface area (Å²) < 4.78 is 0.880. The second-order valence-electron chi connectivity index (χ2n) is 3.77. The Labute approximate surface area is 91.6 Å². The van der Waals surface area contributed by atoms with Crippen molar-refractivity contribution < 1.29 is 4.79 Å². The van der Waals surface area contributed by atoms with Crippen molar-refractivity contribution in [1.29, 1.82) is 0 Å². The van der Waals surface area contributed by atoms with Gasteiger partial charge >= 0.3 is 0 Å². The zero-order chi connectivity index (χ0) is 10.1. The summed E-state index contributed by atoms with van der Waals surface area (Å²) in [5.74, 6) is 0.364. The minimum atomic E-state index is 0.142. The van der Waals surface area contributed by atoms with Gasteiger partial charge in [-0.15, -0.1) is 0 Å². The predicted octanol–water partition coefficient (Wildman–Crippen LogP) is 2.37. The third kappa shape index (κ3) is 1.74. The van der Waals surface area contributed by atoms with E-state index in [1.54, 1.807) is 0 Å². The Hall–Kier alpha value is -0.670. The van der Waals surface area contributed by atoms with Gasteiger partial charge in [0.05, 0.1) is 0 Å². The minimum absolute atomic E-state index is 0.142. The molecule has 1 fully saturated rings. The maximum Gasteiger partial charge on any atom is 0.167 e. The molecule has 0 unspecified atom stereocenters.